The van der Waals surface area contributed by atoms with Crippen LogP contribution >= 0.6 is 11.6 Å². The highest BCUT2D eigenvalue weighted by Crippen LogP contribution is 2.32. The second kappa shape index (κ2) is 7.06. The molecule has 0 bridgehead atoms. The van der Waals surface area contributed by atoms with E-state index in [0.29, 0.717) is 11.1 Å². The van der Waals surface area contributed by atoms with Crippen LogP contribution < -0.4 is 10.6 Å². The molecule has 132 valence electrons. The molecule has 0 fully saturated rings. The summed E-state index contributed by atoms with van der Waals surface area (Å²) in [4.78, 5) is 12.4. The van der Waals surface area contributed by atoms with Gasteiger partial charge in [0.2, 0.25) is 5.91 Å². The van der Waals surface area contributed by atoms with E-state index in [4.69, 9.17) is 11.6 Å². The number of carbonyl (C=O) groups excluding carboxylic acids is 1. The van der Waals surface area contributed by atoms with Crippen molar-refractivity contribution in [3.63, 3.8) is 0 Å². The van der Waals surface area contributed by atoms with E-state index in [9.17, 15) is 18.0 Å². The zero-order chi connectivity index (χ0) is 18.1. The highest BCUT2D eigenvalue weighted by molar-refractivity contribution is 6.30. The van der Waals surface area contributed by atoms with Gasteiger partial charge in [-0.15, -0.1) is 0 Å². The van der Waals surface area contributed by atoms with Crippen molar-refractivity contribution in [1.29, 1.82) is 0 Å². The van der Waals surface area contributed by atoms with E-state index in [-0.39, 0.29) is 29.7 Å². The summed E-state index contributed by atoms with van der Waals surface area (Å²) >= 11 is 5.85. The Morgan fingerprint density at radius 3 is 2.64 bits per heavy atom. The maximum absolute atomic E-state index is 14.4. The number of hydrogen-bond donors (Lipinski definition) is 2. The molecule has 2 aromatic rings. The van der Waals surface area contributed by atoms with Crippen molar-refractivity contribution in [2.45, 2.75) is 31.8 Å². The Morgan fingerprint density at radius 2 is 1.88 bits per heavy atom. The quantitative estimate of drug-likeness (QED) is 0.785. The summed E-state index contributed by atoms with van der Waals surface area (Å²) in [5.74, 6) is -3.48. The van der Waals surface area contributed by atoms with Gasteiger partial charge in [0.05, 0.1) is 5.02 Å². The molecule has 0 aliphatic carbocycles. The predicted octanol–water partition coefficient (Wildman–Crippen LogP) is 4.36. The van der Waals surface area contributed by atoms with Crippen molar-refractivity contribution >= 4 is 23.2 Å². The molecular formula is C18H16ClF3N2O. The number of fused-ring (bicyclic) bond motifs is 1. The first-order valence-corrected chi connectivity index (χ1v) is 8.19. The van der Waals surface area contributed by atoms with Gasteiger partial charge in [-0.1, -0.05) is 23.7 Å². The number of benzene rings is 2. The molecule has 0 aromatic heterocycles. The maximum Gasteiger partial charge on any atom is 0.225 e. The van der Waals surface area contributed by atoms with Gasteiger partial charge in [0.1, 0.15) is 5.82 Å². The second-order valence-electron chi connectivity index (χ2n) is 6.09. The number of carbonyl (C=O) groups is 1. The standard InChI is InChI=1S/C18H16ClF3N2O/c1-9-12(11-3-2-4-13(19)18(11)22)6-17(25)24-16-7-15(21)14(20)5-10(16)8-23-9/h2-5,7,9,12,23H,6,8H2,1H3,(H,24,25)/t9-,12?/m0/s1. The molecule has 1 aliphatic heterocycles. The van der Waals surface area contributed by atoms with Gasteiger partial charge in [0.25, 0.3) is 0 Å². The molecule has 2 atom stereocenters. The van der Waals surface area contributed by atoms with Gasteiger partial charge in [-0.25, -0.2) is 13.2 Å². The second-order valence-corrected chi connectivity index (χ2v) is 6.50. The van der Waals surface area contributed by atoms with Gasteiger partial charge < -0.3 is 10.6 Å². The van der Waals surface area contributed by atoms with Crippen LogP contribution in [0.2, 0.25) is 5.02 Å². The van der Waals surface area contributed by atoms with Crippen molar-refractivity contribution in [2.24, 2.45) is 0 Å². The molecule has 0 saturated heterocycles. The molecule has 0 saturated carbocycles. The summed E-state index contributed by atoms with van der Waals surface area (Å²) in [7, 11) is 0. The first kappa shape index (κ1) is 17.8. The van der Waals surface area contributed by atoms with Crippen molar-refractivity contribution in [3.05, 3.63) is 63.9 Å². The summed E-state index contributed by atoms with van der Waals surface area (Å²) in [5, 5.41) is 5.72. The van der Waals surface area contributed by atoms with Crippen molar-refractivity contribution < 1.29 is 18.0 Å². The molecule has 2 N–H and O–H groups in total. The topological polar surface area (TPSA) is 41.1 Å². The lowest BCUT2D eigenvalue weighted by molar-refractivity contribution is -0.116. The number of nitrogens with one attached hydrogen (secondary N) is 2. The number of rotatable bonds is 1. The summed E-state index contributed by atoms with van der Waals surface area (Å²) in [6, 6.07) is 6.35. The normalized spacial score (nSPS) is 20.9. The van der Waals surface area contributed by atoms with E-state index in [1.54, 1.807) is 12.1 Å². The number of hydrogen-bond acceptors (Lipinski definition) is 2. The van der Waals surface area contributed by atoms with E-state index in [0.717, 1.165) is 12.1 Å². The molecule has 2 aromatic carbocycles. The minimum absolute atomic E-state index is 0.0163. The van der Waals surface area contributed by atoms with Crippen LogP contribution in [-0.4, -0.2) is 11.9 Å². The van der Waals surface area contributed by atoms with E-state index < -0.39 is 29.3 Å². The number of halogens is 4. The zero-order valence-electron chi connectivity index (χ0n) is 13.4. The van der Waals surface area contributed by atoms with Crippen LogP contribution in [0.5, 0.6) is 0 Å². The lowest BCUT2D eigenvalue weighted by atomic mass is 9.88. The van der Waals surface area contributed by atoms with Crippen LogP contribution in [0.3, 0.4) is 0 Å². The molecule has 1 unspecified atom stereocenters. The van der Waals surface area contributed by atoms with E-state index in [2.05, 4.69) is 10.6 Å². The fourth-order valence-electron chi connectivity index (χ4n) is 3.03. The summed E-state index contributed by atoms with van der Waals surface area (Å²) in [6.07, 6.45) is -0.0239. The molecule has 1 aliphatic rings. The third-order valence-corrected chi connectivity index (χ3v) is 4.72. The Balaban J connectivity index is 1.97. The Kier molecular flexibility index (Phi) is 5.01. The Hall–Kier alpha value is -2.05. The van der Waals surface area contributed by atoms with E-state index in [1.807, 2.05) is 6.92 Å². The molecule has 0 spiro atoms. The molecule has 1 heterocycles. The molecule has 3 rings (SSSR count). The minimum Gasteiger partial charge on any atom is -0.326 e. The maximum atomic E-state index is 14.4. The van der Waals surface area contributed by atoms with Gasteiger partial charge in [-0.3, -0.25) is 4.79 Å². The minimum atomic E-state index is -1.04. The van der Waals surface area contributed by atoms with Crippen LogP contribution in [0.25, 0.3) is 0 Å². The summed E-state index contributed by atoms with van der Waals surface area (Å²) in [5.41, 5.74) is 0.952. The van der Waals surface area contributed by atoms with Crippen molar-refractivity contribution in [1.82, 2.24) is 5.32 Å². The monoisotopic (exact) mass is 368 g/mol. The van der Waals surface area contributed by atoms with Crippen molar-refractivity contribution in [3.8, 4) is 0 Å². The highest BCUT2D eigenvalue weighted by Gasteiger charge is 2.28. The molecule has 0 radical (unpaired) electrons. The Morgan fingerprint density at radius 1 is 1.16 bits per heavy atom. The van der Waals surface area contributed by atoms with Crippen LogP contribution in [0.15, 0.2) is 30.3 Å². The van der Waals surface area contributed by atoms with Gasteiger partial charge in [-0.05, 0) is 30.2 Å². The summed E-state index contributed by atoms with van der Waals surface area (Å²) < 4.78 is 41.4. The molecule has 1 amide bonds. The van der Waals surface area contributed by atoms with Gasteiger partial charge in [0, 0.05) is 36.7 Å². The SMILES string of the molecule is C[C@@H]1NCc2cc(F)c(F)cc2NC(=O)CC1c1cccc(Cl)c1F. The van der Waals surface area contributed by atoms with Crippen molar-refractivity contribution in [2.75, 3.05) is 5.32 Å². The third kappa shape index (κ3) is 3.65. The third-order valence-electron chi connectivity index (χ3n) is 4.42. The lowest BCUT2D eigenvalue weighted by Crippen LogP contribution is -2.33. The Bertz CT molecular complexity index is 828. The smallest absolute Gasteiger partial charge is 0.225 e. The average molecular weight is 369 g/mol. The molecule has 7 heteroatoms. The number of anilines is 1. The van der Waals surface area contributed by atoms with Crippen LogP contribution in [0, 0.1) is 17.5 Å². The highest BCUT2D eigenvalue weighted by atomic mass is 35.5. The van der Waals surface area contributed by atoms with Crippen LogP contribution in [-0.2, 0) is 11.3 Å². The van der Waals surface area contributed by atoms with E-state index in [1.165, 1.54) is 6.07 Å². The lowest BCUT2D eigenvalue weighted by Gasteiger charge is -2.24. The molecule has 3 nitrogen and oxygen atoms in total. The van der Waals surface area contributed by atoms with Gasteiger partial charge in [0.15, 0.2) is 11.6 Å². The van der Waals surface area contributed by atoms with E-state index >= 15 is 0 Å². The fourth-order valence-corrected chi connectivity index (χ4v) is 3.21. The average Bonchev–Trinajstić information content (AvgIpc) is 2.61. The largest absolute Gasteiger partial charge is 0.326 e. The number of amides is 1. The van der Waals surface area contributed by atoms with Crippen LogP contribution in [0.4, 0.5) is 18.9 Å². The van der Waals surface area contributed by atoms with Gasteiger partial charge in [-0.2, -0.15) is 0 Å². The zero-order valence-corrected chi connectivity index (χ0v) is 14.1. The first-order chi connectivity index (χ1) is 11.9. The predicted molar refractivity (Wildman–Crippen MR) is 90.1 cm³/mol. The fraction of sp³-hybridized carbons (Fsp3) is 0.278. The summed E-state index contributed by atoms with van der Waals surface area (Å²) in [6.45, 7) is 2.01. The Labute approximate surface area is 148 Å². The van der Waals surface area contributed by atoms with Crippen LogP contribution in [0.1, 0.15) is 30.4 Å². The molecule has 25 heavy (non-hydrogen) atoms. The first-order valence-electron chi connectivity index (χ1n) is 7.82. The van der Waals surface area contributed by atoms with Gasteiger partial charge >= 0.3 is 0 Å². The molecular weight excluding hydrogens is 353 g/mol.